The monoisotopic (exact) mass is 398 g/mol. The van der Waals surface area contributed by atoms with E-state index < -0.39 is 0 Å². The normalized spacial score (nSPS) is 33.0. The van der Waals surface area contributed by atoms with Crippen LogP contribution in [0.3, 0.4) is 0 Å². The first-order valence-corrected chi connectivity index (χ1v) is 11.5. The second kappa shape index (κ2) is 8.13. The van der Waals surface area contributed by atoms with E-state index in [4.69, 9.17) is 4.74 Å². The molecule has 2 N–H and O–H groups in total. The van der Waals surface area contributed by atoms with Gasteiger partial charge in [0.25, 0.3) is 0 Å². The molecule has 1 saturated heterocycles. The smallest absolute Gasteiger partial charge is 0.406 e. The van der Waals surface area contributed by atoms with E-state index in [1.165, 1.54) is 64.5 Å². The summed E-state index contributed by atoms with van der Waals surface area (Å²) in [5.41, 5.74) is 0.319. The van der Waals surface area contributed by atoms with Gasteiger partial charge in [-0.1, -0.05) is 0 Å². The molecule has 5 aliphatic rings. The van der Waals surface area contributed by atoms with Crippen molar-refractivity contribution in [1.82, 2.24) is 15.2 Å². The highest BCUT2D eigenvalue weighted by Gasteiger charge is 2.50. The molecule has 2 heterocycles. The van der Waals surface area contributed by atoms with Crippen molar-refractivity contribution in [2.24, 2.45) is 23.2 Å². The van der Waals surface area contributed by atoms with Crippen molar-refractivity contribution in [2.75, 3.05) is 38.0 Å². The average molecular weight is 399 g/mol. The number of hydrogen-bond donors (Lipinski definition) is 2. The minimum absolute atomic E-state index is 0.319. The van der Waals surface area contributed by atoms with E-state index in [1.54, 1.807) is 6.20 Å². The van der Waals surface area contributed by atoms with E-state index in [0.717, 1.165) is 37.4 Å². The molecular formula is C23H34N4O2. The van der Waals surface area contributed by atoms with Crippen LogP contribution in [-0.4, -0.2) is 48.7 Å². The van der Waals surface area contributed by atoms with E-state index in [0.29, 0.717) is 17.0 Å². The first-order valence-electron chi connectivity index (χ1n) is 11.5. The molecule has 0 radical (unpaired) electrons. The third-order valence-electron chi connectivity index (χ3n) is 7.67. The number of nitrogens with one attached hydrogen (secondary N) is 2. The number of amides is 1. The second-order valence-corrected chi connectivity index (χ2v) is 9.99. The summed E-state index contributed by atoms with van der Waals surface area (Å²) < 4.78 is 5.64. The summed E-state index contributed by atoms with van der Waals surface area (Å²) in [6, 6.07) is 3.63. The van der Waals surface area contributed by atoms with E-state index in [-0.39, 0.29) is 6.09 Å². The number of nitrogens with zero attached hydrogens (tertiary/aromatic N) is 2. The van der Waals surface area contributed by atoms with E-state index >= 15 is 0 Å². The number of likely N-dealkylation sites (tertiary alicyclic amines) is 1. The number of rotatable bonds is 7. The Morgan fingerprint density at radius 3 is 2.52 bits per heavy atom. The number of pyridine rings is 1. The Morgan fingerprint density at radius 2 is 1.83 bits per heavy atom. The van der Waals surface area contributed by atoms with Crippen molar-refractivity contribution in [3.05, 3.63) is 18.3 Å². The van der Waals surface area contributed by atoms with Gasteiger partial charge in [0.05, 0.1) is 0 Å². The standard InChI is InChI=1S/C23H34N4O2/c28-22(26-16-23-13-17-10-18(14-23)12-19(11-17)15-23)29-20-4-3-5-24-21(20)25-6-9-27-7-1-2-8-27/h3-5,17-19H,1-2,6-16H2,(H,24,25)(H,26,28). The Morgan fingerprint density at radius 1 is 1.14 bits per heavy atom. The van der Waals surface area contributed by atoms with Crippen LogP contribution in [0, 0.1) is 23.2 Å². The fourth-order valence-electron chi connectivity index (χ4n) is 6.85. The zero-order valence-electron chi connectivity index (χ0n) is 17.4. The van der Waals surface area contributed by atoms with Crippen LogP contribution in [0.5, 0.6) is 5.75 Å². The second-order valence-electron chi connectivity index (χ2n) is 9.99. The highest BCUT2D eigenvalue weighted by Crippen LogP contribution is 2.59. The largest absolute Gasteiger partial charge is 0.412 e. The van der Waals surface area contributed by atoms with Crippen molar-refractivity contribution in [1.29, 1.82) is 0 Å². The maximum Gasteiger partial charge on any atom is 0.412 e. The zero-order chi connectivity index (χ0) is 19.7. The van der Waals surface area contributed by atoms with Gasteiger partial charge >= 0.3 is 6.09 Å². The summed E-state index contributed by atoms with van der Waals surface area (Å²) in [6.07, 6.45) is 12.1. The van der Waals surface area contributed by atoms with Crippen LogP contribution in [0.4, 0.5) is 10.6 Å². The van der Waals surface area contributed by atoms with Crippen molar-refractivity contribution >= 4 is 11.9 Å². The molecule has 158 valence electrons. The first-order chi connectivity index (χ1) is 14.2. The van der Waals surface area contributed by atoms with Gasteiger partial charge in [0.15, 0.2) is 11.6 Å². The fraction of sp³-hybridized carbons (Fsp3) is 0.739. The number of carbonyl (C=O) groups is 1. The molecule has 4 saturated carbocycles. The highest BCUT2D eigenvalue weighted by atomic mass is 16.6. The summed E-state index contributed by atoms with van der Waals surface area (Å²) in [7, 11) is 0. The number of anilines is 1. The van der Waals surface area contributed by atoms with Gasteiger partial charge in [0.1, 0.15) is 0 Å². The summed E-state index contributed by atoms with van der Waals surface area (Å²) in [4.78, 5) is 19.4. The first kappa shape index (κ1) is 19.2. The number of aromatic nitrogens is 1. The highest BCUT2D eigenvalue weighted by molar-refractivity contribution is 5.72. The number of ether oxygens (including phenoxy) is 1. The Balaban J connectivity index is 1.13. The summed E-state index contributed by atoms with van der Waals surface area (Å²) in [6.45, 7) is 4.92. The summed E-state index contributed by atoms with van der Waals surface area (Å²) in [5.74, 6) is 3.84. The molecule has 5 fully saturated rings. The molecule has 0 atom stereocenters. The van der Waals surface area contributed by atoms with E-state index in [1.807, 2.05) is 12.1 Å². The predicted octanol–water partition coefficient (Wildman–Crippen LogP) is 3.89. The fourth-order valence-corrected chi connectivity index (χ4v) is 6.85. The maximum absolute atomic E-state index is 12.5. The lowest BCUT2D eigenvalue weighted by Gasteiger charge is -2.56. The molecule has 4 aliphatic carbocycles. The minimum atomic E-state index is -0.351. The lowest BCUT2D eigenvalue weighted by atomic mass is 9.49. The van der Waals surface area contributed by atoms with Gasteiger partial charge < -0.3 is 20.3 Å². The van der Waals surface area contributed by atoms with Gasteiger partial charge in [-0.15, -0.1) is 0 Å². The quantitative estimate of drug-likeness (QED) is 0.729. The molecule has 4 bridgehead atoms. The van der Waals surface area contributed by atoms with Crippen LogP contribution in [-0.2, 0) is 0 Å². The maximum atomic E-state index is 12.5. The lowest BCUT2D eigenvalue weighted by molar-refractivity contribution is -0.0503. The third-order valence-corrected chi connectivity index (χ3v) is 7.67. The van der Waals surface area contributed by atoms with Gasteiger partial charge in [0, 0.05) is 25.8 Å². The Bertz CT molecular complexity index is 696. The minimum Gasteiger partial charge on any atom is -0.406 e. The molecule has 1 amide bonds. The van der Waals surface area contributed by atoms with Crippen LogP contribution in [0.15, 0.2) is 18.3 Å². The van der Waals surface area contributed by atoms with Gasteiger partial charge in [-0.3, -0.25) is 0 Å². The Labute approximate surface area is 173 Å². The van der Waals surface area contributed by atoms with Gasteiger partial charge in [-0.05, 0) is 99.8 Å². The molecule has 0 aromatic carbocycles. The summed E-state index contributed by atoms with van der Waals surface area (Å²) >= 11 is 0. The molecule has 6 heteroatoms. The number of carbonyl (C=O) groups excluding carboxylic acids is 1. The van der Waals surface area contributed by atoms with Gasteiger partial charge in [0.2, 0.25) is 0 Å². The molecule has 6 rings (SSSR count). The van der Waals surface area contributed by atoms with Crippen LogP contribution in [0.2, 0.25) is 0 Å². The summed E-state index contributed by atoms with van der Waals surface area (Å²) in [5, 5.41) is 6.43. The van der Waals surface area contributed by atoms with Gasteiger partial charge in [-0.25, -0.2) is 9.78 Å². The van der Waals surface area contributed by atoms with Crippen molar-refractivity contribution in [3.63, 3.8) is 0 Å². The topological polar surface area (TPSA) is 66.5 Å². The zero-order valence-corrected chi connectivity index (χ0v) is 17.4. The van der Waals surface area contributed by atoms with Crippen LogP contribution in [0.1, 0.15) is 51.4 Å². The average Bonchev–Trinajstić information content (AvgIpc) is 3.20. The molecule has 1 aromatic rings. The van der Waals surface area contributed by atoms with E-state index in [9.17, 15) is 4.79 Å². The number of hydrogen-bond acceptors (Lipinski definition) is 5. The van der Waals surface area contributed by atoms with Crippen LogP contribution >= 0.6 is 0 Å². The SMILES string of the molecule is O=C(NCC12CC3CC(CC(C3)C1)C2)Oc1cccnc1NCCN1CCCC1. The molecule has 29 heavy (non-hydrogen) atoms. The Hall–Kier alpha value is -1.82. The Kier molecular flexibility index (Phi) is 5.37. The molecule has 0 spiro atoms. The van der Waals surface area contributed by atoms with Crippen molar-refractivity contribution in [3.8, 4) is 5.75 Å². The molecule has 0 unspecified atom stereocenters. The predicted molar refractivity (Wildman–Crippen MR) is 113 cm³/mol. The van der Waals surface area contributed by atoms with E-state index in [2.05, 4.69) is 20.5 Å². The van der Waals surface area contributed by atoms with Crippen LogP contribution in [0.25, 0.3) is 0 Å². The van der Waals surface area contributed by atoms with Crippen LogP contribution < -0.4 is 15.4 Å². The van der Waals surface area contributed by atoms with Crippen molar-refractivity contribution in [2.45, 2.75) is 51.4 Å². The third kappa shape index (κ3) is 4.37. The van der Waals surface area contributed by atoms with Crippen molar-refractivity contribution < 1.29 is 9.53 Å². The lowest BCUT2D eigenvalue weighted by Crippen LogP contribution is -2.51. The molecule has 1 aromatic heterocycles. The molecule has 1 aliphatic heterocycles. The molecule has 6 nitrogen and oxygen atoms in total. The molecular weight excluding hydrogens is 364 g/mol. The van der Waals surface area contributed by atoms with Gasteiger partial charge in [-0.2, -0.15) is 0 Å².